The number of hydrogen-bond donors (Lipinski definition) is 2. The molecule has 7 heteroatoms. The van der Waals surface area contributed by atoms with Crippen LogP contribution in [0.1, 0.15) is 49.7 Å². The molecule has 2 aromatic rings. The van der Waals surface area contributed by atoms with Gasteiger partial charge in [-0.2, -0.15) is 0 Å². The molecular weight excluding hydrogens is 336 g/mol. The SMILES string of the molecule is Cc1cc(C)cc(NC(=O)CCC(=O)Nc2nnc(C(C)(C)C)s2)c1. The fraction of sp³-hybridized carbons (Fsp3) is 0.444. The molecule has 2 amide bonds. The first-order valence-electron chi connectivity index (χ1n) is 8.15. The minimum atomic E-state index is -0.243. The van der Waals surface area contributed by atoms with Gasteiger partial charge in [0.1, 0.15) is 5.01 Å². The Kier molecular flexibility index (Phi) is 5.89. The second-order valence-corrected chi connectivity index (χ2v) is 8.11. The number of rotatable bonds is 5. The van der Waals surface area contributed by atoms with Crippen molar-refractivity contribution in [2.24, 2.45) is 0 Å². The van der Waals surface area contributed by atoms with Gasteiger partial charge in [0.05, 0.1) is 0 Å². The summed E-state index contributed by atoms with van der Waals surface area (Å²) in [6.45, 7) is 10.1. The molecule has 0 fully saturated rings. The van der Waals surface area contributed by atoms with Crippen LogP contribution in [0.2, 0.25) is 0 Å². The molecule has 0 aliphatic heterocycles. The van der Waals surface area contributed by atoms with Gasteiger partial charge in [-0.1, -0.05) is 38.2 Å². The lowest BCUT2D eigenvalue weighted by atomic mass is 9.98. The molecule has 0 unspecified atom stereocenters. The number of anilines is 2. The zero-order valence-electron chi connectivity index (χ0n) is 15.3. The number of nitrogens with one attached hydrogen (secondary N) is 2. The average molecular weight is 360 g/mol. The van der Waals surface area contributed by atoms with Crippen LogP contribution in [-0.4, -0.2) is 22.0 Å². The summed E-state index contributed by atoms with van der Waals surface area (Å²) in [5.41, 5.74) is 2.81. The maximum absolute atomic E-state index is 12.0. The van der Waals surface area contributed by atoms with Crippen molar-refractivity contribution >= 4 is 34.0 Å². The van der Waals surface area contributed by atoms with Gasteiger partial charge in [-0.25, -0.2) is 0 Å². The highest BCUT2D eigenvalue weighted by molar-refractivity contribution is 7.15. The second-order valence-electron chi connectivity index (χ2n) is 7.14. The number of amides is 2. The van der Waals surface area contributed by atoms with Crippen molar-refractivity contribution in [1.29, 1.82) is 0 Å². The van der Waals surface area contributed by atoms with E-state index in [1.54, 1.807) is 0 Å². The molecule has 2 rings (SSSR count). The van der Waals surface area contributed by atoms with Crippen LogP contribution in [0.3, 0.4) is 0 Å². The van der Waals surface area contributed by atoms with Crippen molar-refractivity contribution in [3.05, 3.63) is 34.3 Å². The van der Waals surface area contributed by atoms with Crippen LogP contribution < -0.4 is 10.6 Å². The van der Waals surface area contributed by atoms with Crippen LogP contribution in [0, 0.1) is 13.8 Å². The van der Waals surface area contributed by atoms with Gasteiger partial charge in [0.2, 0.25) is 16.9 Å². The monoisotopic (exact) mass is 360 g/mol. The third-order valence-electron chi connectivity index (χ3n) is 3.40. The molecule has 0 aliphatic carbocycles. The normalized spacial score (nSPS) is 11.2. The van der Waals surface area contributed by atoms with E-state index in [0.29, 0.717) is 5.13 Å². The first-order chi connectivity index (χ1) is 11.6. The van der Waals surface area contributed by atoms with Crippen molar-refractivity contribution in [3.8, 4) is 0 Å². The van der Waals surface area contributed by atoms with Gasteiger partial charge in [-0.05, 0) is 37.1 Å². The summed E-state index contributed by atoms with van der Waals surface area (Å²) in [4.78, 5) is 24.0. The summed E-state index contributed by atoms with van der Waals surface area (Å²) in [6, 6.07) is 5.84. The van der Waals surface area contributed by atoms with Crippen LogP contribution >= 0.6 is 11.3 Å². The fourth-order valence-corrected chi connectivity index (χ4v) is 3.07. The molecular formula is C18H24N4O2S. The Hall–Kier alpha value is -2.28. The standard InChI is InChI=1S/C18H24N4O2S/c1-11-8-12(2)10-13(9-11)19-14(23)6-7-15(24)20-17-22-21-16(25-17)18(3,4)5/h8-10H,6-7H2,1-5H3,(H,19,23)(H,20,22,24). The summed E-state index contributed by atoms with van der Waals surface area (Å²) < 4.78 is 0. The summed E-state index contributed by atoms with van der Waals surface area (Å²) in [7, 11) is 0. The number of nitrogens with zero attached hydrogens (tertiary/aromatic N) is 2. The van der Waals surface area contributed by atoms with E-state index in [0.717, 1.165) is 21.8 Å². The van der Waals surface area contributed by atoms with Gasteiger partial charge < -0.3 is 10.6 Å². The predicted octanol–water partition coefficient (Wildman–Crippen LogP) is 3.81. The summed E-state index contributed by atoms with van der Waals surface area (Å²) >= 11 is 1.35. The Balaban J connectivity index is 1.83. The van der Waals surface area contributed by atoms with Gasteiger partial charge in [-0.15, -0.1) is 10.2 Å². The van der Waals surface area contributed by atoms with Crippen LogP contribution in [0.5, 0.6) is 0 Å². The highest BCUT2D eigenvalue weighted by atomic mass is 32.1. The number of hydrogen-bond acceptors (Lipinski definition) is 5. The predicted molar refractivity (Wildman–Crippen MR) is 101 cm³/mol. The summed E-state index contributed by atoms with van der Waals surface area (Å²) in [6.07, 6.45) is 0.213. The Bertz CT molecular complexity index is 757. The van der Waals surface area contributed by atoms with Crippen molar-refractivity contribution < 1.29 is 9.59 Å². The van der Waals surface area contributed by atoms with Gasteiger partial charge >= 0.3 is 0 Å². The largest absolute Gasteiger partial charge is 0.326 e. The Morgan fingerprint density at radius 1 is 0.960 bits per heavy atom. The third-order valence-corrected chi connectivity index (χ3v) is 4.66. The molecule has 134 valence electrons. The summed E-state index contributed by atoms with van der Waals surface area (Å²) in [5, 5.41) is 14.9. The van der Waals surface area contributed by atoms with Crippen LogP contribution in [-0.2, 0) is 15.0 Å². The van der Waals surface area contributed by atoms with E-state index in [-0.39, 0.29) is 30.1 Å². The maximum atomic E-state index is 12.0. The van der Waals surface area contributed by atoms with Crippen molar-refractivity contribution in [2.45, 2.75) is 52.9 Å². The molecule has 0 atom stereocenters. The van der Waals surface area contributed by atoms with E-state index in [1.807, 2.05) is 52.8 Å². The highest BCUT2D eigenvalue weighted by Gasteiger charge is 2.20. The molecule has 0 saturated carbocycles. The molecule has 0 saturated heterocycles. The minimum Gasteiger partial charge on any atom is -0.326 e. The Labute approximate surface area is 152 Å². The van der Waals surface area contributed by atoms with Crippen LogP contribution in [0.4, 0.5) is 10.8 Å². The van der Waals surface area contributed by atoms with Gasteiger partial charge in [0.15, 0.2) is 0 Å². The van der Waals surface area contributed by atoms with Crippen LogP contribution in [0.25, 0.3) is 0 Å². The summed E-state index contributed by atoms with van der Waals surface area (Å²) in [5.74, 6) is -0.431. The topological polar surface area (TPSA) is 84.0 Å². The number of carbonyl (C=O) groups excluding carboxylic acids is 2. The fourth-order valence-electron chi connectivity index (χ4n) is 2.26. The number of carbonyl (C=O) groups is 2. The van der Waals surface area contributed by atoms with E-state index in [2.05, 4.69) is 20.8 Å². The third kappa shape index (κ3) is 5.94. The lowest BCUT2D eigenvalue weighted by molar-refractivity contribution is -0.121. The molecule has 0 aliphatic rings. The smallest absolute Gasteiger partial charge is 0.226 e. The molecule has 0 radical (unpaired) electrons. The van der Waals surface area contributed by atoms with Gasteiger partial charge in [0, 0.05) is 23.9 Å². The van der Waals surface area contributed by atoms with E-state index >= 15 is 0 Å². The maximum Gasteiger partial charge on any atom is 0.226 e. The van der Waals surface area contributed by atoms with Crippen LogP contribution in [0.15, 0.2) is 18.2 Å². The van der Waals surface area contributed by atoms with E-state index < -0.39 is 0 Å². The van der Waals surface area contributed by atoms with Crippen molar-refractivity contribution in [3.63, 3.8) is 0 Å². The Morgan fingerprint density at radius 3 is 2.04 bits per heavy atom. The molecule has 0 spiro atoms. The number of benzene rings is 1. The van der Waals surface area contributed by atoms with Crippen molar-refractivity contribution in [2.75, 3.05) is 10.6 Å². The molecule has 2 N–H and O–H groups in total. The zero-order valence-corrected chi connectivity index (χ0v) is 16.1. The van der Waals surface area contributed by atoms with Crippen molar-refractivity contribution in [1.82, 2.24) is 10.2 Å². The first-order valence-corrected chi connectivity index (χ1v) is 8.97. The average Bonchev–Trinajstić information content (AvgIpc) is 2.92. The number of aryl methyl sites for hydroxylation is 2. The number of aromatic nitrogens is 2. The van der Waals surface area contributed by atoms with E-state index in [9.17, 15) is 9.59 Å². The lowest BCUT2D eigenvalue weighted by Gasteiger charge is -2.12. The first kappa shape index (κ1) is 19.1. The van der Waals surface area contributed by atoms with Gasteiger partial charge in [0.25, 0.3) is 0 Å². The lowest BCUT2D eigenvalue weighted by Crippen LogP contribution is -2.17. The molecule has 1 heterocycles. The molecule has 1 aromatic heterocycles. The second kappa shape index (κ2) is 7.74. The molecule has 1 aromatic carbocycles. The Morgan fingerprint density at radius 2 is 1.52 bits per heavy atom. The zero-order chi connectivity index (χ0) is 18.6. The highest BCUT2D eigenvalue weighted by Crippen LogP contribution is 2.27. The molecule has 6 nitrogen and oxygen atoms in total. The van der Waals surface area contributed by atoms with E-state index in [1.165, 1.54) is 11.3 Å². The molecule has 25 heavy (non-hydrogen) atoms. The van der Waals surface area contributed by atoms with Gasteiger partial charge in [-0.3, -0.25) is 9.59 Å². The van der Waals surface area contributed by atoms with E-state index in [4.69, 9.17) is 0 Å². The quantitative estimate of drug-likeness (QED) is 0.849. The molecule has 0 bridgehead atoms. The minimum absolute atomic E-state index is 0.0983.